The van der Waals surface area contributed by atoms with Crippen LogP contribution in [-0.4, -0.2) is 27.2 Å². The van der Waals surface area contributed by atoms with Crippen LogP contribution in [-0.2, 0) is 13.1 Å². The lowest BCUT2D eigenvalue weighted by atomic mass is 10.0. The average molecular weight is 347 g/mol. The van der Waals surface area contributed by atoms with Crippen molar-refractivity contribution in [3.8, 4) is 5.75 Å². The lowest BCUT2D eigenvalue weighted by Gasteiger charge is -2.11. The smallest absolute Gasteiger partial charge is 0.184 e. The summed E-state index contributed by atoms with van der Waals surface area (Å²) in [6.45, 7) is 5.61. The van der Waals surface area contributed by atoms with Gasteiger partial charge in [0.15, 0.2) is 5.65 Å². The van der Waals surface area contributed by atoms with E-state index in [9.17, 15) is 0 Å². The number of fused-ring (bicyclic) bond motifs is 3. The molecule has 0 fully saturated rings. The molecule has 1 N–H and O–H groups in total. The van der Waals surface area contributed by atoms with Crippen molar-refractivity contribution in [2.75, 3.05) is 7.11 Å². The summed E-state index contributed by atoms with van der Waals surface area (Å²) in [5.74, 6) is 0.888. The maximum Gasteiger partial charge on any atom is 0.184 e. The number of pyridine rings is 1. The van der Waals surface area contributed by atoms with E-state index < -0.39 is 0 Å². The van der Waals surface area contributed by atoms with Crippen LogP contribution < -0.4 is 10.1 Å². The summed E-state index contributed by atoms with van der Waals surface area (Å²) in [4.78, 5) is 0. The van der Waals surface area contributed by atoms with Crippen LogP contribution in [0.5, 0.6) is 5.75 Å². The van der Waals surface area contributed by atoms with Crippen LogP contribution in [0.15, 0.2) is 42.5 Å². The van der Waals surface area contributed by atoms with Crippen molar-refractivity contribution < 1.29 is 4.74 Å². The fourth-order valence-electron chi connectivity index (χ4n) is 3.24. The first-order chi connectivity index (χ1) is 12.7. The molecule has 0 aliphatic heterocycles. The van der Waals surface area contributed by atoms with E-state index in [4.69, 9.17) is 4.74 Å². The second-order valence-corrected chi connectivity index (χ2v) is 6.49. The van der Waals surface area contributed by atoms with E-state index in [0.29, 0.717) is 13.1 Å². The molecule has 4 aromatic rings. The molecule has 132 valence electrons. The third kappa shape index (κ3) is 2.88. The molecule has 0 unspecified atom stereocenters. The van der Waals surface area contributed by atoms with Crippen molar-refractivity contribution in [1.29, 1.82) is 0 Å². The van der Waals surface area contributed by atoms with Crippen molar-refractivity contribution in [1.82, 2.24) is 25.4 Å². The molecule has 2 aromatic carbocycles. The first kappa shape index (κ1) is 16.5. The van der Waals surface area contributed by atoms with Gasteiger partial charge in [-0.25, -0.2) is 0 Å². The minimum Gasteiger partial charge on any atom is -0.496 e. The summed E-state index contributed by atoms with van der Waals surface area (Å²) in [7, 11) is 1.69. The van der Waals surface area contributed by atoms with Gasteiger partial charge in [0, 0.05) is 29.6 Å². The van der Waals surface area contributed by atoms with Gasteiger partial charge in [-0.05, 0) is 59.7 Å². The number of benzene rings is 2. The number of aryl methyl sites for hydroxylation is 2. The molecule has 0 aliphatic carbocycles. The largest absolute Gasteiger partial charge is 0.496 e. The molecule has 2 heterocycles. The highest BCUT2D eigenvalue weighted by Crippen LogP contribution is 2.23. The number of para-hydroxylation sites is 1. The highest BCUT2D eigenvalue weighted by atomic mass is 16.5. The van der Waals surface area contributed by atoms with Gasteiger partial charge < -0.3 is 10.1 Å². The van der Waals surface area contributed by atoms with Gasteiger partial charge >= 0.3 is 0 Å². The monoisotopic (exact) mass is 347 g/mol. The normalized spacial score (nSPS) is 11.3. The molecule has 0 atom stereocenters. The van der Waals surface area contributed by atoms with Crippen LogP contribution in [0.1, 0.15) is 22.3 Å². The van der Waals surface area contributed by atoms with E-state index >= 15 is 0 Å². The topological polar surface area (TPSA) is 64.3 Å². The van der Waals surface area contributed by atoms with Gasteiger partial charge in [0.2, 0.25) is 0 Å². The predicted octanol–water partition coefficient (Wildman–Crippen LogP) is 3.19. The van der Waals surface area contributed by atoms with E-state index in [1.165, 1.54) is 11.1 Å². The van der Waals surface area contributed by atoms with Crippen molar-refractivity contribution in [3.63, 3.8) is 0 Å². The van der Waals surface area contributed by atoms with E-state index in [0.717, 1.165) is 33.4 Å². The predicted molar refractivity (Wildman–Crippen MR) is 101 cm³/mol. The minimum absolute atomic E-state index is 0.671. The Morgan fingerprint density at radius 1 is 1.00 bits per heavy atom. The Morgan fingerprint density at radius 3 is 2.62 bits per heavy atom. The van der Waals surface area contributed by atoms with Gasteiger partial charge in [-0.1, -0.05) is 18.2 Å². The number of methoxy groups -OCH3 is 1. The maximum absolute atomic E-state index is 5.41. The number of ether oxygens (including phenoxy) is 1. The van der Waals surface area contributed by atoms with Gasteiger partial charge in [-0.2, -0.15) is 4.52 Å². The average Bonchev–Trinajstić information content (AvgIpc) is 3.14. The molecule has 4 rings (SSSR count). The third-order valence-corrected chi connectivity index (χ3v) is 4.78. The molecule has 6 heteroatoms. The van der Waals surface area contributed by atoms with E-state index in [2.05, 4.69) is 59.0 Å². The lowest BCUT2D eigenvalue weighted by Crippen LogP contribution is -2.14. The number of nitrogens with zero attached hydrogens (tertiary/aromatic N) is 4. The van der Waals surface area contributed by atoms with Gasteiger partial charge in [0.25, 0.3) is 0 Å². The van der Waals surface area contributed by atoms with Crippen molar-refractivity contribution in [2.45, 2.75) is 26.9 Å². The first-order valence-electron chi connectivity index (χ1n) is 8.61. The molecule has 6 nitrogen and oxygen atoms in total. The van der Waals surface area contributed by atoms with Crippen LogP contribution in [0.3, 0.4) is 0 Å². The van der Waals surface area contributed by atoms with Crippen molar-refractivity contribution >= 4 is 16.6 Å². The van der Waals surface area contributed by atoms with Gasteiger partial charge in [-0.15, -0.1) is 5.10 Å². The summed E-state index contributed by atoms with van der Waals surface area (Å²) in [5.41, 5.74) is 6.50. The number of rotatable bonds is 5. The maximum atomic E-state index is 5.41. The summed E-state index contributed by atoms with van der Waals surface area (Å²) in [6.07, 6.45) is 0. The standard InChI is InChI=1S/C20H21N5O/c1-13-8-16-10-17(12-21-11-15-6-4-5-7-19(15)26-3)20-22-23-24-25(20)18(16)9-14(13)2/h4-10,21H,11-12H2,1-3H3. The van der Waals surface area contributed by atoms with Crippen LogP contribution in [0.25, 0.3) is 16.6 Å². The Kier molecular flexibility index (Phi) is 4.26. The zero-order valence-electron chi connectivity index (χ0n) is 15.2. The van der Waals surface area contributed by atoms with Crippen LogP contribution in [0, 0.1) is 13.8 Å². The molecule has 0 saturated heterocycles. The summed E-state index contributed by atoms with van der Waals surface area (Å²) >= 11 is 0. The molecular formula is C20H21N5O. The van der Waals surface area contributed by atoms with E-state index in [1.54, 1.807) is 7.11 Å². The molecule has 26 heavy (non-hydrogen) atoms. The fourth-order valence-corrected chi connectivity index (χ4v) is 3.24. The van der Waals surface area contributed by atoms with Crippen LogP contribution >= 0.6 is 0 Å². The Bertz CT molecular complexity index is 1090. The molecule has 0 bridgehead atoms. The summed E-state index contributed by atoms with van der Waals surface area (Å²) < 4.78 is 7.23. The minimum atomic E-state index is 0.671. The number of aromatic nitrogens is 4. The highest BCUT2D eigenvalue weighted by Gasteiger charge is 2.11. The first-order valence-corrected chi connectivity index (χ1v) is 8.61. The number of nitrogens with one attached hydrogen (secondary N) is 1. The Balaban J connectivity index is 1.65. The molecule has 0 spiro atoms. The SMILES string of the molecule is COc1ccccc1CNCc1cc2cc(C)c(C)cc2n2nnnc12. The highest BCUT2D eigenvalue weighted by molar-refractivity contribution is 5.84. The fraction of sp³-hybridized carbons (Fsp3) is 0.250. The number of hydrogen-bond acceptors (Lipinski definition) is 5. The van der Waals surface area contributed by atoms with Crippen LogP contribution in [0.2, 0.25) is 0 Å². The van der Waals surface area contributed by atoms with Crippen LogP contribution in [0.4, 0.5) is 0 Å². The zero-order chi connectivity index (χ0) is 18.1. The van der Waals surface area contributed by atoms with Gasteiger partial charge in [0.05, 0.1) is 12.6 Å². The molecule has 0 radical (unpaired) electrons. The summed E-state index contributed by atoms with van der Waals surface area (Å²) in [5, 5.41) is 16.9. The molecular weight excluding hydrogens is 326 g/mol. The van der Waals surface area contributed by atoms with E-state index in [-0.39, 0.29) is 0 Å². The van der Waals surface area contributed by atoms with Gasteiger partial charge in [0.1, 0.15) is 5.75 Å². The molecule has 0 amide bonds. The summed E-state index contributed by atoms with van der Waals surface area (Å²) in [6, 6.07) is 14.5. The second-order valence-electron chi connectivity index (χ2n) is 6.49. The Morgan fingerprint density at radius 2 is 1.77 bits per heavy atom. The molecule has 0 aliphatic rings. The Hall–Kier alpha value is -2.99. The van der Waals surface area contributed by atoms with E-state index in [1.807, 2.05) is 22.7 Å². The number of hydrogen-bond donors (Lipinski definition) is 1. The van der Waals surface area contributed by atoms with Crippen molar-refractivity contribution in [3.05, 3.63) is 64.7 Å². The number of tetrazole rings is 1. The van der Waals surface area contributed by atoms with Crippen molar-refractivity contribution in [2.24, 2.45) is 0 Å². The molecule has 0 saturated carbocycles. The second kappa shape index (κ2) is 6.72. The zero-order valence-corrected chi connectivity index (χ0v) is 15.2. The molecule has 2 aromatic heterocycles. The van der Waals surface area contributed by atoms with Gasteiger partial charge in [-0.3, -0.25) is 0 Å². The Labute approximate surface area is 151 Å². The third-order valence-electron chi connectivity index (χ3n) is 4.78. The quantitative estimate of drug-likeness (QED) is 0.601. The lowest BCUT2D eigenvalue weighted by molar-refractivity contribution is 0.407.